The zero-order valence-corrected chi connectivity index (χ0v) is 17.6. The van der Waals surface area contributed by atoms with Gasteiger partial charge in [0.2, 0.25) is 5.43 Å². The van der Waals surface area contributed by atoms with Crippen LogP contribution in [0.3, 0.4) is 0 Å². The number of carbonyl (C=O) groups is 2. The molecule has 2 aliphatic rings. The fourth-order valence-corrected chi connectivity index (χ4v) is 4.81. The number of aromatic hydroxyl groups is 1. The normalized spacial score (nSPS) is 24.9. The van der Waals surface area contributed by atoms with E-state index in [0.29, 0.717) is 18.9 Å². The van der Waals surface area contributed by atoms with Crippen molar-refractivity contribution < 1.29 is 28.6 Å². The lowest BCUT2D eigenvalue weighted by atomic mass is 9.64. The highest BCUT2D eigenvalue weighted by atomic mass is 19.1. The summed E-state index contributed by atoms with van der Waals surface area (Å²) in [6.45, 7) is 1.30. The van der Waals surface area contributed by atoms with Gasteiger partial charge in [-0.05, 0) is 25.8 Å². The van der Waals surface area contributed by atoms with Gasteiger partial charge in [-0.2, -0.15) is 0 Å². The van der Waals surface area contributed by atoms with Crippen molar-refractivity contribution in [1.29, 1.82) is 0 Å². The van der Waals surface area contributed by atoms with Gasteiger partial charge in [0.1, 0.15) is 22.9 Å². The molecule has 7 nitrogen and oxygen atoms in total. The number of amides is 1. The van der Waals surface area contributed by atoms with Crippen LogP contribution in [0.4, 0.5) is 8.78 Å². The first kappa shape index (κ1) is 22.1. The molecule has 0 bridgehead atoms. The number of Topliss-reactive ketones (excluding diaryl/α,β-unsaturated/α-hetero) is 1. The molecule has 1 aliphatic carbocycles. The van der Waals surface area contributed by atoms with Crippen LogP contribution < -0.4 is 10.7 Å². The third-order valence-electron chi connectivity index (χ3n) is 6.90. The van der Waals surface area contributed by atoms with Gasteiger partial charge in [-0.15, -0.1) is 0 Å². The summed E-state index contributed by atoms with van der Waals surface area (Å²) in [5.41, 5.74) is -4.19. The molecule has 1 saturated carbocycles. The number of halogens is 2. The van der Waals surface area contributed by atoms with E-state index in [0.717, 1.165) is 31.5 Å². The molecular formula is C23H24F2N2O5. The standard InChI is InChI=1S/C23H24F2N2O5/c1-22-7-3-2-4-8-23(22,32)12-27-11-15(18(28)19(29)17(27)20(22)30)21(31)26-10-13-5-6-14(24)9-16(13)25/h5-6,9,11,29,32H,2-4,7-8,10,12H2,1H3,(H,26,31)/t22?,23-/m1/s1. The van der Waals surface area contributed by atoms with E-state index in [1.807, 2.05) is 0 Å². The number of ketones is 1. The van der Waals surface area contributed by atoms with Crippen LogP contribution in [0.2, 0.25) is 0 Å². The fraction of sp³-hybridized carbons (Fsp3) is 0.435. The van der Waals surface area contributed by atoms with Crippen LogP contribution in [-0.4, -0.2) is 32.1 Å². The smallest absolute Gasteiger partial charge is 0.257 e. The molecule has 4 rings (SSSR count). The summed E-state index contributed by atoms with van der Waals surface area (Å²) >= 11 is 0. The maximum Gasteiger partial charge on any atom is 0.257 e. The number of nitrogens with zero attached hydrogens (tertiary/aromatic N) is 1. The van der Waals surface area contributed by atoms with Gasteiger partial charge in [0, 0.05) is 24.4 Å². The van der Waals surface area contributed by atoms with Crippen molar-refractivity contribution in [2.24, 2.45) is 5.41 Å². The quantitative estimate of drug-likeness (QED) is 0.672. The monoisotopic (exact) mass is 446 g/mol. The third kappa shape index (κ3) is 3.40. The van der Waals surface area contributed by atoms with Crippen molar-refractivity contribution in [1.82, 2.24) is 9.88 Å². The minimum absolute atomic E-state index is 0.0146. The molecule has 1 unspecified atom stereocenters. The Labute approximate surface area is 182 Å². The molecule has 2 atom stereocenters. The lowest BCUT2D eigenvalue weighted by molar-refractivity contribution is -0.0832. The zero-order valence-electron chi connectivity index (χ0n) is 17.6. The summed E-state index contributed by atoms with van der Waals surface area (Å²) in [6.07, 6.45) is 4.30. The molecule has 1 amide bonds. The first-order chi connectivity index (χ1) is 15.1. The van der Waals surface area contributed by atoms with E-state index in [1.165, 1.54) is 10.6 Å². The van der Waals surface area contributed by atoms with E-state index in [2.05, 4.69) is 5.32 Å². The number of benzene rings is 1. The van der Waals surface area contributed by atoms with Crippen LogP contribution >= 0.6 is 0 Å². The Bertz CT molecular complexity index is 1180. The molecule has 0 spiro atoms. The van der Waals surface area contributed by atoms with Crippen molar-refractivity contribution in [2.75, 3.05) is 0 Å². The van der Waals surface area contributed by atoms with Crippen molar-refractivity contribution in [2.45, 2.75) is 57.7 Å². The highest BCUT2D eigenvalue weighted by Gasteiger charge is 2.56. The Hall–Kier alpha value is -3.07. The van der Waals surface area contributed by atoms with Crippen molar-refractivity contribution in [3.05, 3.63) is 63.1 Å². The minimum Gasteiger partial charge on any atom is -0.503 e. The summed E-state index contributed by atoms with van der Waals surface area (Å²) in [4.78, 5) is 38.6. The van der Waals surface area contributed by atoms with Crippen LogP contribution in [0.25, 0.3) is 0 Å². The predicted octanol–water partition coefficient (Wildman–Crippen LogP) is 2.66. The number of aromatic nitrogens is 1. The Balaban J connectivity index is 1.68. The molecule has 1 aromatic carbocycles. The van der Waals surface area contributed by atoms with E-state index in [-0.39, 0.29) is 24.3 Å². The number of fused-ring (bicyclic) bond motifs is 2. The van der Waals surface area contributed by atoms with Crippen LogP contribution in [0.1, 0.15) is 65.4 Å². The van der Waals surface area contributed by atoms with Crippen LogP contribution in [0.15, 0.2) is 29.2 Å². The van der Waals surface area contributed by atoms with Gasteiger partial charge in [0.15, 0.2) is 11.5 Å². The Morgan fingerprint density at radius 3 is 2.62 bits per heavy atom. The number of aliphatic hydroxyl groups is 1. The second-order valence-electron chi connectivity index (χ2n) is 8.87. The van der Waals surface area contributed by atoms with E-state index in [4.69, 9.17) is 0 Å². The second-order valence-corrected chi connectivity index (χ2v) is 8.87. The van der Waals surface area contributed by atoms with Gasteiger partial charge in [-0.25, -0.2) is 8.78 Å². The number of carbonyl (C=O) groups excluding carboxylic acids is 2. The molecular weight excluding hydrogens is 422 g/mol. The number of hydrogen-bond acceptors (Lipinski definition) is 5. The highest BCUT2D eigenvalue weighted by Crippen LogP contribution is 2.49. The first-order valence-corrected chi connectivity index (χ1v) is 10.5. The Morgan fingerprint density at radius 1 is 1.19 bits per heavy atom. The van der Waals surface area contributed by atoms with E-state index < -0.39 is 51.1 Å². The van der Waals surface area contributed by atoms with Gasteiger partial charge in [0.25, 0.3) is 5.91 Å². The summed E-state index contributed by atoms with van der Waals surface area (Å²) in [5.74, 6) is -3.87. The van der Waals surface area contributed by atoms with Crippen LogP contribution in [0, 0.1) is 17.0 Å². The molecule has 2 aromatic rings. The fourth-order valence-electron chi connectivity index (χ4n) is 4.81. The SMILES string of the molecule is CC12CCCCC[C@@]1(O)Cn1cc(C(=O)NCc3ccc(F)cc3F)c(=O)c(O)c1C2=O. The van der Waals surface area contributed by atoms with Gasteiger partial charge < -0.3 is 20.1 Å². The van der Waals surface area contributed by atoms with Gasteiger partial charge in [0.05, 0.1) is 17.6 Å². The predicted molar refractivity (Wildman–Crippen MR) is 110 cm³/mol. The molecule has 0 radical (unpaired) electrons. The molecule has 0 saturated heterocycles. The van der Waals surface area contributed by atoms with Crippen molar-refractivity contribution >= 4 is 11.7 Å². The molecule has 3 N–H and O–H groups in total. The number of nitrogens with one attached hydrogen (secondary N) is 1. The van der Waals surface area contributed by atoms with E-state index in [9.17, 15) is 33.4 Å². The van der Waals surface area contributed by atoms with E-state index in [1.54, 1.807) is 6.92 Å². The molecule has 170 valence electrons. The molecule has 1 fully saturated rings. The number of rotatable bonds is 3. The second kappa shape index (κ2) is 7.81. The van der Waals surface area contributed by atoms with Gasteiger partial charge in [-0.3, -0.25) is 14.4 Å². The molecule has 2 heterocycles. The summed E-state index contributed by atoms with van der Waals surface area (Å²) in [5, 5.41) is 24.3. The van der Waals surface area contributed by atoms with E-state index >= 15 is 0 Å². The first-order valence-electron chi connectivity index (χ1n) is 10.5. The highest BCUT2D eigenvalue weighted by molar-refractivity contribution is 6.04. The zero-order chi connectivity index (χ0) is 23.3. The summed E-state index contributed by atoms with van der Waals surface area (Å²) in [7, 11) is 0. The average Bonchev–Trinajstić information content (AvgIpc) is 2.89. The van der Waals surface area contributed by atoms with Crippen LogP contribution in [-0.2, 0) is 13.1 Å². The third-order valence-corrected chi connectivity index (χ3v) is 6.90. The number of hydrogen-bond donors (Lipinski definition) is 3. The minimum atomic E-state index is -1.37. The molecule has 32 heavy (non-hydrogen) atoms. The van der Waals surface area contributed by atoms with Gasteiger partial charge in [-0.1, -0.05) is 25.3 Å². The van der Waals surface area contributed by atoms with Gasteiger partial charge >= 0.3 is 0 Å². The summed E-state index contributed by atoms with van der Waals surface area (Å²) in [6, 6.07) is 2.89. The summed E-state index contributed by atoms with van der Waals surface area (Å²) < 4.78 is 28.1. The lowest BCUT2D eigenvalue weighted by Crippen LogP contribution is -2.58. The van der Waals surface area contributed by atoms with Crippen molar-refractivity contribution in [3.8, 4) is 5.75 Å². The Kier molecular flexibility index (Phi) is 5.40. The number of pyridine rings is 1. The Morgan fingerprint density at radius 2 is 1.91 bits per heavy atom. The molecule has 1 aliphatic heterocycles. The maximum absolute atomic E-state index is 13.8. The lowest BCUT2D eigenvalue weighted by Gasteiger charge is -2.47. The van der Waals surface area contributed by atoms with Crippen molar-refractivity contribution in [3.63, 3.8) is 0 Å². The molecule has 9 heteroatoms. The average molecular weight is 446 g/mol. The topological polar surface area (TPSA) is 109 Å². The largest absolute Gasteiger partial charge is 0.503 e. The maximum atomic E-state index is 13.8. The molecule has 1 aromatic heterocycles. The van der Waals surface area contributed by atoms with Crippen LogP contribution in [0.5, 0.6) is 5.75 Å².